The maximum absolute atomic E-state index is 13.4. The highest BCUT2D eigenvalue weighted by Crippen LogP contribution is 2.43. The summed E-state index contributed by atoms with van der Waals surface area (Å²) in [7, 11) is 3.64. The van der Waals surface area contributed by atoms with Crippen molar-refractivity contribution >= 4 is 6.03 Å². The van der Waals surface area contributed by atoms with E-state index in [9.17, 15) is 9.90 Å². The molecule has 204 valence electrons. The summed E-state index contributed by atoms with van der Waals surface area (Å²) in [6, 6.07) is 18.6. The highest BCUT2D eigenvalue weighted by molar-refractivity contribution is 5.75. The van der Waals surface area contributed by atoms with E-state index >= 15 is 0 Å². The molecule has 0 bridgehead atoms. The molecule has 6 nitrogen and oxygen atoms in total. The van der Waals surface area contributed by atoms with Gasteiger partial charge in [-0.1, -0.05) is 68.4 Å². The number of urea groups is 1. The number of nitrogens with one attached hydrogen (secondary N) is 2. The van der Waals surface area contributed by atoms with E-state index in [0.717, 1.165) is 61.9 Å². The van der Waals surface area contributed by atoms with Gasteiger partial charge in [0.05, 0.1) is 5.60 Å². The predicted octanol–water partition coefficient (Wildman–Crippen LogP) is 5.41. The van der Waals surface area contributed by atoms with Crippen molar-refractivity contribution in [2.45, 2.75) is 64.0 Å². The van der Waals surface area contributed by atoms with Gasteiger partial charge < -0.3 is 25.4 Å². The van der Waals surface area contributed by atoms with Crippen LogP contribution in [0.4, 0.5) is 4.79 Å². The van der Waals surface area contributed by atoms with Crippen LogP contribution < -0.4 is 10.6 Å². The Morgan fingerprint density at radius 3 is 2.57 bits per heavy atom. The summed E-state index contributed by atoms with van der Waals surface area (Å²) in [4.78, 5) is 15.3. The van der Waals surface area contributed by atoms with Crippen LogP contribution in [0, 0.1) is 11.8 Å². The van der Waals surface area contributed by atoms with Gasteiger partial charge in [-0.3, -0.25) is 0 Å². The molecular formula is C31H47N3O3. The SMILES string of the molecule is CNCC(CC(C)C)NC(=O)N1CCCC(C(O)(CCCCOC)c2ccccc2-c2ccccc2)C1. The quantitative estimate of drug-likeness (QED) is 0.316. The second-order valence-electron chi connectivity index (χ2n) is 10.9. The number of aliphatic hydroxyl groups is 1. The van der Waals surface area contributed by atoms with Gasteiger partial charge >= 0.3 is 6.03 Å². The number of hydrogen-bond acceptors (Lipinski definition) is 4. The number of ether oxygens (including phenoxy) is 1. The number of benzene rings is 2. The highest BCUT2D eigenvalue weighted by atomic mass is 16.5. The Morgan fingerprint density at radius 1 is 1.14 bits per heavy atom. The Kier molecular flexibility index (Phi) is 11.4. The zero-order valence-corrected chi connectivity index (χ0v) is 23.2. The summed E-state index contributed by atoms with van der Waals surface area (Å²) in [5.41, 5.74) is 2.08. The molecule has 37 heavy (non-hydrogen) atoms. The molecule has 3 atom stereocenters. The van der Waals surface area contributed by atoms with Crippen LogP contribution in [-0.4, -0.2) is 62.5 Å². The molecule has 0 spiro atoms. The Morgan fingerprint density at radius 2 is 1.86 bits per heavy atom. The third-order valence-electron chi connectivity index (χ3n) is 7.55. The van der Waals surface area contributed by atoms with E-state index in [1.807, 2.05) is 42.3 Å². The van der Waals surface area contributed by atoms with Crippen molar-refractivity contribution in [3.63, 3.8) is 0 Å². The van der Waals surface area contributed by atoms with Gasteiger partial charge in [0.2, 0.25) is 0 Å². The number of likely N-dealkylation sites (tertiary alicyclic amines) is 1. The fourth-order valence-electron chi connectivity index (χ4n) is 5.76. The predicted molar refractivity (Wildman–Crippen MR) is 152 cm³/mol. The summed E-state index contributed by atoms with van der Waals surface area (Å²) in [5, 5.41) is 19.0. The summed E-state index contributed by atoms with van der Waals surface area (Å²) >= 11 is 0. The van der Waals surface area contributed by atoms with Crippen LogP contribution in [-0.2, 0) is 10.3 Å². The molecule has 2 aromatic rings. The fourth-order valence-corrected chi connectivity index (χ4v) is 5.76. The van der Waals surface area contributed by atoms with Crippen LogP contribution in [0.3, 0.4) is 0 Å². The normalized spacial score (nSPS) is 18.4. The van der Waals surface area contributed by atoms with Crippen molar-refractivity contribution in [1.82, 2.24) is 15.5 Å². The van der Waals surface area contributed by atoms with Crippen LogP contribution in [0.15, 0.2) is 54.6 Å². The van der Waals surface area contributed by atoms with E-state index in [0.29, 0.717) is 25.5 Å². The Balaban J connectivity index is 1.87. The zero-order chi connectivity index (χ0) is 26.7. The van der Waals surface area contributed by atoms with Crippen molar-refractivity contribution in [1.29, 1.82) is 0 Å². The van der Waals surface area contributed by atoms with E-state index in [-0.39, 0.29) is 18.0 Å². The van der Waals surface area contributed by atoms with E-state index in [2.05, 4.69) is 48.7 Å². The van der Waals surface area contributed by atoms with E-state index in [1.165, 1.54) is 0 Å². The first kappa shape index (κ1) is 29.2. The third kappa shape index (κ3) is 8.03. The second-order valence-corrected chi connectivity index (χ2v) is 10.9. The zero-order valence-electron chi connectivity index (χ0n) is 23.2. The topological polar surface area (TPSA) is 73.8 Å². The van der Waals surface area contributed by atoms with Gasteiger partial charge in [0.1, 0.15) is 0 Å². The van der Waals surface area contributed by atoms with E-state index < -0.39 is 5.60 Å². The maximum Gasteiger partial charge on any atom is 0.317 e. The number of likely N-dealkylation sites (N-methyl/N-ethyl adjacent to an activating group) is 1. The Hall–Kier alpha value is -2.41. The lowest BCUT2D eigenvalue weighted by Gasteiger charge is -2.44. The standard InChI is InChI=1S/C31H47N3O3/c1-24(2)21-27(22-32-3)33-30(35)34-19-12-15-26(23-34)31(36,18-10-11-20-37-4)29-17-9-8-16-28(29)25-13-6-5-7-14-25/h5-9,13-14,16-17,24,26-27,32,36H,10-12,15,18-23H2,1-4H3,(H,33,35). The van der Waals surface area contributed by atoms with Crippen LogP contribution in [0.5, 0.6) is 0 Å². The molecule has 1 fully saturated rings. The van der Waals surface area contributed by atoms with Crippen molar-refractivity contribution < 1.29 is 14.6 Å². The fraction of sp³-hybridized carbons (Fsp3) is 0.581. The molecular weight excluding hydrogens is 462 g/mol. The first-order valence-corrected chi connectivity index (χ1v) is 13.9. The molecule has 2 amide bonds. The number of piperidine rings is 1. The lowest BCUT2D eigenvalue weighted by atomic mass is 9.72. The Labute approximate surface area is 223 Å². The smallest absolute Gasteiger partial charge is 0.317 e. The Bertz CT molecular complexity index is 952. The van der Waals surface area contributed by atoms with E-state index in [4.69, 9.17) is 4.74 Å². The third-order valence-corrected chi connectivity index (χ3v) is 7.55. The van der Waals surface area contributed by atoms with Gasteiger partial charge in [0.15, 0.2) is 0 Å². The van der Waals surface area contributed by atoms with Crippen LogP contribution in [0.2, 0.25) is 0 Å². The van der Waals surface area contributed by atoms with Gasteiger partial charge in [0, 0.05) is 45.3 Å². The number of amides is 2. The number of nitrogens with zero attached hydrogens (tertiary/aromatic N) is 1. The molecule has 1 aliphatic rings. The van der Waals surface area contributed by atoms with Gasteiger partial charge in [-0.2, -0.15) is 0 Å². The molecule has 3 unspecified atom stereocenters. The number of methoxy groups -OCH3 is 1. The molecule has 2 aromatic carbocycles. The maximum atomic E-state index is 13.4. The lowest BCUT2D eigenvalue weighted by molar-refractivity contribution is -0.0559. The molecule has 0 aliphatic carbocycles. The molecule has 1 saturated heterocycles. The molecule has 1 aliphatic heterocycles. The molecule has 1 heterocycles. The number of carbonyl (C=O) groups is 1. The molecule has 0 aromatic heterocycles. The number of hydrogen-bond donors (Lipinski definition) is 3. The molecule has 3 N–H and O–H groups in total. The van der Waals surface area contributed by atoms with Crippen LogP contribution in [0.25, 0.3) is 11.1 Å². The molecule has 6 heteroatoms. The van der Waals surface area contributed by atoms with Crippen molar-refractivity contribution in [3.05, 3.63) is 60.2 Å². The van der Waals surface area contributed by atoms with Crippen molar-refractivity contribution in [3.8, 4) is 11.1 Å². The van der Waals surface area contributed by atoms with Gasteiger partial charge in [-0.15, -0.1) is 0 Å². The van der Waals surface area contributed by atoms with Crippen LogP contribution in [0.1, 0.15) is 57.9 Å². The molecule has 3 rings (SSSR count). The largest absolute Gasteiger partial charge is 0.385 e. The summed E-state index contributed by atoms with van der Waals surface area (Å²) in [6.07, 6.45) is 5.08. The van der Waals surface area contributed by atoms with E-state index in [1.54, 1.807) is 7.11 Å². The van der Waals surface area contributed by atoms with Gasteiger partial charge in [0.25, 0.3) is 0 Å². The van der Waals surface area contributed by atoms with Crippen molar-refractivity contribution in [2.75, 3.05) is 40.4 Å². The van der Waals surface area contributed by atoms with Gasteiger partial charge in [-0.25, -0.2) is 4.79 Å². The minimum atomic E-state index is -1.04. The molecule has 0 radical (unpaired) electrons. The minimum Gasteiger partial charge on any atom is -0.385 e. The first-order valence-electron chi connectivity index (χ1n) is 13.9. The number of rotatable bonds is 13. The summed E-state index contributed by atoms with van der Waals surface area (Å²) in [6.45, 7) is 7.05. The average Bonchev–Trinajstić information content (AvgIpc) is 2.91. The average molecular weight is 510 g/mol. The summed E-state index contributed by atoms with van der Waals surface area (Å²) < 4.78 is 5.29. The minimum absolute atomic E-state index is 0.0244. The number of unbranched alkanes of at least 4 members (excludes halogenated alkanes) is 1. The van der Waals surface area contributed by atoms with Gasteiger partial charge in [-0.05, 0) is 68.2 Å². The monoisotopic (exact) mass is 509 g/mol. The first-order chi connectivity index (χ1) is 17.9. The number of carbonyl (C=O) groups excluding carboxylic acids is 1. The summed E-state index contributed by atoms with van der Waals surface area (Å²) in [5.74, 6) is 0.451. The van der Waals surface area contributed by atoms with Crippen molar-refractivity contribution in [2.24, 2.45) is 11.8 Å². The van der Waals surface area contributed by atoms with Crippen LogP contribution >= 0.6 is 0 Å². The highest BCUT2D eigenvalue weighted by Gasteiger charge is 2.42. The lowest BCUT2D eigenvalue weighted by Crippen LogP contribution is -2.54. The second kappa shape index (κ2) is 14.5. The molecule has 0 saturated carbocycles.